The number of alkyl halides is 3. The molecule has 0 spiro atoms. The van der Waals surface area contributed by atoms with Crippen LogP contribution in [0.2, 0.25) is 0 Å². The number of hydrogen-bond donors (Lipinski definition) is 2. The van der Waals surface area contributed by atoms with Crippen molar-refractivity contribution >= 4 is 17.4 Å². The number of thioether (sulfide) groups is 1. The molecular formula is C12H5F3N4OS. The minimum atomic E-state index is -4.51. The number of nitrogens with zero attached hydrogens (tertiary/aromatic N) is 3. The predicted octanol–water partition coefficient (Wildman–Crippen LogP) is 3.24. The number of aromatic hydroxyl groups is 1. The Morgan fingerprint density at radius 2 is 1.76 bits per heavy atom. The Hall–Kier alpha value is -2.83. The van der Waals surface area contributed by atoms with Crippen molar-refractivity contribution in [1.82, 2.24) is 0 Å². The van der Waals surface area contributed by atoms with Crippen LogP contribution in [0.1, 0.15) is 0 Å². The summed E-state index contributed by atoms with van der Waals surface area (Å²) in [7, 11) is 0. The van der Waals surface area contributed by atoms with Crippen molar-refractivity contribution in [3.63, 3.8) is 0 Å². The van der Waals surface area contributed by atoms with Crippen LogP contribution in [0, 0.1) is 34.0 Å². The van der Waals surface area contributed by atoms with E-state index in [9.17, 15) is 18.3 Å². The zero-order valence-electron chi connectivity index (χ0n) is 10.1. The third kappa shape index (κ3) is 4.64. The van der Waals surface area contributed by atoms with Crippen molar-refractivity contribution < 1.29 is 18.3 Å². The molecule has 0 aliphatic heterocycles. The highest BCUT2D eigenvalue weighted by Gasteiger charge is 2.29. The molecule has 0 saturated carbocycles. The van der Waals surface area contributed by atoms with E-state index in [4.69, 9.17) is 15.8 Å². The van der Waals surface area contributed by atoms with Gasteiger partial charge < -0.3 is 10.4 Å². The van der Waals surface area contributed by atoms with Crippen LogP contribution >= 0.6 is 11.8 Å². The lowest BCUT2D eigenvalue weighted by Crippen LogP contribution is -2.02. The Bertz CT molecular complexity index is 691. The van der Waals surface area contributed by atoms with Gasteiger partial charge in [-0.1, -0.05) is 0 Å². The van der Waals surface area contributed by atoms with Crippen molar-refractivity contribution in [2.75, 3.05) is 5.32 Å². The fourth-order valence-electron chi connectivity index (χ4n) is 1.23. The molecule has 0 unspecified atom stereocenters. The molecule has 1 rings (SSSR count). The average molecular weight is 310 g/mol. The van der Waals surface area contributed by atoms with Gasteiger partial charge in [-0.3, -0.25) is 0 Å². The van der Waals surface area contributed by atoms with Crippen LogP contribution in [0.15, 0.2) is 34.4 Å². The van der Waals surface area contributed by atoms with E-state index in [1.807, 2.05) is 0 Å². The van der Waals surface area contributed by atoms with Gasteiger partial charge in [0.15, 0.2) is 5.57 Å². The molecule has 0 bridgehead atoms. The molecular weight excluding hydrogens is 305 g/mol. The molecule has 0 aliphatic carbocycles. The molecule has 0 saturated heterocycles. The average Bonchev–Trinajstić information content (AvgIpc) is 2.40. The van der Waals surface area contributed by atoms with Crippen molar-refractivity contribution in [2.45, 2.75) is 10.4 Å². The third-order valence-electron chi connectivity index (χ3n) is 2.05. The molecule has 5 nitrogen and oxygen atoms in total. The first-order valence-electron chi connectivity index (χ1n) is 5.11. The Labute approximate surface area is 121 Å². The maximum Gasteiger partial charge on any atom is 0.446 e. The van der Waals surface area contributed by atoms with E-state index in [1.54, 1.807) is 0 Å². The largest absolute Gasteiger partial charge is 0.506 e. The lowest BCUT2D eigenvalue weighted by atomic mass is 10.2. The number of anilines is 1. The lowest BCUT2D eigenvalue weighted by Gasteiger charge is -2.10. The van der Waals surface area contributed by atoms with Gasteiger partial charge in [0, 0.05) is 4.90 Å². The lowest BCUT2D eigenvalue weighted by molar-refractivity contribution is -0.0328. The van der Waals surface area contributed by atoms with E-state index in [0.717, 1.165) is 18.2 Å². The molecule has 1 aromatic rings. The number of nitriles is 3. The minimum absolute atomic E-state index is 0.219. The van der Waals surface area contributed by atoms with Gasteiger partial charge >= 0.3 is 5.51 Å². The fourth-order valence-corrected chi connectivity index (χ4v) is 1.81. The SMILES string of the molecule is N#CC(C#N)=C(C#N)Nc1cc(SC(F)(F)F)ccc1O. The van der Waals surface area contributed by atoms with Gasteiger partial charge in [0.1, 0.15) is 29.7 Å². The first kappa shape index (κ1) is 16.2. The molecule has 2 N–H and O–H groups in total. The first-order valence-corrected chi connectivity index (χ1v) is 5.92. The summed E-state index contributed by atoms with van der Waals surface area (Å²) < 4.78 is 36.8. The highest BCUT2D eigenvalue weighted by molar-refractivity contribution is 8.00. The number of rotatable bonds is 3. The van der Waals surface area contributed by atoms with Crippen molar-refractivity contribution in [3.8, 4) is 24.0 Å². The summed E-state index contributed by atoms with van der Waals surface area (Å²) in [5, 5.41) is 37.9. The number of halogens is 3. The van der Waals surface area contributed by atoms with Crippen LogP contribution in [-0.2, 0) is 0 Å². The molecule has 0 atom stereocenters. The van der Waals surface area contributed by atoms with Crippen molar-refractivity contribution in [1.29, 1.82) is 15.8 Å². The van der Waals surface area contributed by atoms with Gasteiger partial charge in [0.05, 0.1) is 5.69 Å². The van der Waals surface area contributed by atoms with Gasteiger partial charge in [0.25, 0.3) is 0 Å². The summed E-state index contributed by atoms with van der Waals surface area (Å²) >= 11 is -0.402. The van der Waals surface area contributed by atoms with Gasteiger partial charge in [-0.05, 0) is 30.0 Å². The van der Waals surface area contributed by atoms with Crippen LogP contribution in [0.5, 0.6) is 5.75 Å². The van der Waals surface area contributed by atoms with Crippen LogP contribution in [-0.4, -0.2) is 10.6 Å². The monoisotopic (exact) mass is 310 g/mol. The summed E-state index contributed by atoms with van der Waals surface area (Å²) in [6.45, 7) is 0. The second-order valence-corrected chi connectivity index (χ2v) is 4.58. The molecule has 106 valence electrons. The number of phenols is 1. The van der Waals surface area contributed by atoms with Crippen molar-refractivity contribution in [3.05, 3.63) is 29.5 Å². The van der Waals surface area contributed by atoms with Gasteiger partial charge in [0.2, 0.25) is 0 Å². The highest BCUT2D eigenvalue weighted by atomic mass is 32.2. The molecule has 0 aromatic heterocycles. The third-order valence-corrected chi connectivity index (χ3v) is 2.77. The van der Waals surface area contributed by atoms with Gasteiger partial charge in [-0.25, -0.2) is 0 Å². The topological polar surface area (TPSA) is 104 Å². The van der Waals surface area contributed by atoms with Gasteiger partial charge in [-0.15, -0.1) is 0 Å². The van der Waals surface area contributed by atoms with Crippen LogP contribution in [0.25, 0.3) is 0 Å². The van der Waals surface area contributed by atoms with E-state index in [2.05, 4.69) is 5.32 Å². The molecule has 0 fully saturated rings. The Morgan fingerprint density at radius 1 is 1.14 bits per heavy atom. The summed E-state index contributed by atoms with van der Waals surface area (Å²) in [5.74, 6) is -0.426. The minimum Gasteiger partial charge on any atom is -0.506 e. The van der Waals surface area contributed by atoms with E-state index in [0.29, 0.717) is 0 Å². The number of hydrogen-bond acceptors (Lipinski definition) is 6. The van der Waals surface area contributed by atoms with Crippen molar-refractivity contribution in [2.24, 2.45) is 0 Å². The Kier molecular flexibility index (Phi) is 5.06. The van der Waals surface area contributed by atoms with Crippen LogP contribution < -0.4 is 5.32 Å². The number of benzene rings is 1. The summed E-state index contributed by atoms with van der Waals surface area (Å²) in [6.07, 6.45) is 0. The zero-order valence-corrected chi connectivity index (χ0v) is 10.9. The molecule has 0 heterocycles. The molecule has 1 aromatic carbocycles. The second kappa shape index (κ2) is 6.56. The summed E-state index contributed by atoms with van der Waals surface area (Å²) in [5.41, 5.74) is -5.74. The number of allylic oxidation sites excluding steroid dienone is 2. The smallest absolute Gasteiger partial charge is 0.446 e. The van der Waals surface area contributed by atoms with Crippen LogP contribution in [0.4, 0.5) is 18.9 Å². The molecule has 0 amide bonds. The summed E-state index contributed by atoms with van der Waals surface area (Å²) in [6, 6.07) is 7.46. The first-order chi connectivity index (χ1) is 9.80. The predicted molar refractivity (Wildman–Crippen MR) is 67.5 cm³/mol. The quantitative estimate of drug-likeness (QED) is 0.504. The Morgan fingerprint density at radius 3 is 2.24 bits per heavy atom. The zero-order chi connectivity index (χ0) is 16.0. The molecule has 9 heteroatoms. The standard InChI is InChI=1S/C12H5F3N4OS/c13-12(14,15)21-8-1-2-11(20)9(3-8)19-10(6-18)7(4-16)5-17/h1-3,19-20H. The normalized spacial score (nSPS) is 9.90. The van der Waals surface area contributed by atoms with Crippen LogP contribution in [0.3, 0.4) is 0 Å². The number of nitrogens with one attached hydrogen (secondary N) is 1. The molecule has 21 heavy (non-hydrogen) atoms. The molecule has 0 radical (unpaired) electrons. The van der Waals surface area contributed by atoms with Gasteiger partial charge in [-0.2, -0.15) is 29.0 Å². The van der Waals surface area contributed by atoms with E-state index < -0.39 is 34.3 Å². The van der Waals surface area contributed by atoms with E-state index >= 15 is 0 Å². The highest BCUT2D eigenvalue weighted by Crippen LogP contribution is 2.39. The number of phenolic OH excluding ortho intramolecular Hbond substituents is 1. The summed E-state index contributed by atoms with van der Waals surface area (Å²) in [4.78, 5) is -0.226. The maximum absolute atomic E-state index is 12.3. The maximum atomic E-state index is 12.3. The fraction of sp³-hybridized carbons (Fsp3) is 0.0833. The van der Waals surface area contributed by atoms with E-state index in [1.165, 1.54) is 18.2 Å². The van der Waals surface area contributed by atoms with E-state index in [-0.39, 0.29) is 10.6 Å². The second-order valence-electron chi connectivity index (χ2n) is 3.44. The molecule has 0 aliphatic rings. The Balaban J connectivity index is 3.18.